The van der Waals surface area contributed by atoms with Crippen molar-refractivity contribution in [3.8, 4) is 0 Å². The van der Waals surface area contributed by atoms with Crippen LogP contribution >= 0.6 is 0 Å². The summed E-state index contributed by atoms with van der Waals surface area (Å²) in [5.41, 5.74) is 0. The van der Waals surface area contributed by atoms with E-state index in [0.717, 1.165) is 89.9 Å². The van der Waals surface area contributed by atoms with E-state index in [0.29, 0.717) is 12.8 Å². The summed E-state index contributed by atoms with van der Waals surface area (Å²) in [7, 11) is 0. The summed E-state index contributed by atoms with van der Waals surface area (Å²) in [4.78, 5) is 13.0. The van der Waals surface area contributed by atoms with E-state index in [2.05, 4.69) is 104 Å². The van der Waals surface area contributed by atoms with Crippen molar-refractivity contribution in [1.29, 1.82) is 0 Å². The molecule has 0 radical (unpaired) electrons. The van der Waals surface area contributed by atoms with E-state index in [-0.39, 0.29) is 12.5 Å². The van der Waals surface area contributed by atoms with Gasteiger partial charge in [0, 0.05) is 6.42 Å². The molecule has 0 aromatic heterocycles. The first-order valence-corrected chi connectivity index (χ1v) is 25.3. The number of nitrogens with one attached hydrogen (secondary N) is 1. The van der Waals surface area contributed by atoms with E-state index < -0.39 is 49.5 Å². The van der Waals surface area contributed by atoms with E-state index in [9.17, 15) is 30.3 Å². The summed E-state index contributed by atoms with van der Waals surface area (Å²) in [6.45, 7) is 3.69. The molecular weight excluding hydrogens is 791 g/mol. The average molecular weight is 884 g/mol. The summed E-state index contributed by atoms with van der Waals surface area (Å²) < 4.78 is 11.3. The van der Waals surface area contributed by atoms with Crippen LogP contribution in [0.1, 0.15) is 194 Å². The van der Waals surface area contributed by atoms with Gasteiger partial charge in [0.1, 0.15) is 24.4 Å². The Morgan fingerprint density at radius 3 is 1.44 bits per heavy atom. The first-order chi connectivity index (χ1) is 30.8. The smallest absolute Gasteiger partial charge is 0.220 e. The molecule has 0 spiro atoms. The van der Waals surface area contributed by atoms with Gasteiger partial charge in [0.2, 0.25) is 5.91 Å². The second-order valence-corrected chi connectivity index (χ2v) is 17.2. The lowest BCUT2D eigenvalue weighted by Gasteiger charge is -2.40. The molecule has 1 saturated heterocycles. The SMILES string of the molecule is CC/C=C\C/C=C\C/C=C\C/C=C\C/C=C\C/C=C\C/C=C\CCCCCC(=O)NC(COC1OC(CO)C(O)C(O)C1O)C(O)CCCCCCCCCCCCCCCCC. The highest BCUT2D eigenvalue weighted by Gasteiger charge is 2.44. The number of carbonyl (C=O) groups is 1. The quantitative estimate of drug-likeness (QED) is 0.0263. The van der Waals surface area contributed by atoms with Crippen LogP contribution in [-0.4, -0.2) is 87.5 Å². The first kappa shape index (κ1) is 58.4. The van der Waals surface area contributed by atoms with Crippen LogP contribution in [0.4, 0.5) is 0 Å². The molecule has 0 saturated carbocycles. The average Bonchev–Trinajstić information content (AvgIpc) is 3.28. The number of aliphatic hydroxyl groups excluding tert-OH is 5. The topological polar surface area (TPSA) is 149 Å². The molecule has 0 bridgehead atoms. The minimum atomic E-state index is -1.56. The zero-order chi connectivity index (χ0) is 45.9. The highest BCUT2D eigenvalue weighted by molar-refractivity contribution is 5.76. The molecular formula is C54H93NO8. The van der Waals surface area contributed by atoms with Crippen LogP contribution in [0.3, 0.4) is 0 Å². The van der Waals surface area contributed by atoms with Gasteiger partial charge in [0.15, 0.2) is 6.29 Å². The molecule has 0 aromatic carbocycles. The third-order valence-electron chi connectivity index (χ3n) is 11.5. The van der Waals surface area contributed by atoms with Gasteiger partial charge in [-0.15, -0.1) is 0 Å². The standard InChI is InChI=1S/C54H93NO8/c1-3-5-7-9-11-13-15-17-19-20-21-22-23-24-25-26-27-28-30-32-34-36-38-40-42-44-50(58)55-47(46-62-54-53(61)52(60)51(59)49(45-56)63-54)48(57)43-41-39-37-35-33-31-29-18-16-14-12-10-8-6-4-2/h5,7,11,13,17,19,21-22,24-25,27-28,32,34,47-49,51-54,56-57,59-61H,3-4,6,8-10,12,14-16,18,20,23,26,29-31,33,35-46H2,1-2H3,(H,55,58)/b7-5-,13-11-,19-17-,22-21-,25-24-,28-27-,34-32-. The van der Waals surface area contributed by atoms with Crippen LogP contribution in [-0.2, 0) is 14.3 Å². The van der Waals surface area contributed by atoms with Gasteiger partial charge in [-0.05, 0) is 70.6 Å². The maximum Gasteiger partial charge on any atom is 0.220 e. The second-order valence-electron chi connectivity index (χ2n) is 17.2. The fourth-order valence-corrected chi connectivity index (χ4v) is 7.49. The predicted octanol–water partition coefficient (Wildman–Crippen LogP) is 11.5. The second kappa shape index (κ2) is 43.3. The summed E-state index contributed by atoms with van der Waals surface area (Å²) in [5.74, 6) is -0.180. The summed E-state index contributed by atoms with van der Waals surface area (Å²) >= 11 is 0. The molecule has 1 amide bonds. The van der Waals surface area contributed by atoms with Gasteiger partial charge in [0.05, 0.1) is 25.4 Å². The zero-order valence-electron chi connectivity index (χ0n) is 39.8. The summed E-state index contributed by atoms with van der Waals surface area (Å²) in [6, 6.07) is -0.742. The Labute approximate surface area is 384 Å². The van der Waals surface area contributed by atoms with Crippen molar-refractivity contribution < 1.29 is 39.8 Å². The number of rotatable bonds is 41. The molecule has 0 aliphatic carbocycles. The highest BCUT2D eigenvalue weighted by atomic mass is 16.7. The number of unbranched alkanes of at least 4 members (excludes halogenated alkanes) is 17. The van der Waals surface area contributed by atoms with Gasteiger partial charge in [-0.2, -0.15) is 0 Å². The number of allylic oxidation sites excluding steroid dienone is 14. The fourth-order valence-electron chi connectivity index (χ4n) is 7.49. The summed E-state index contributed by atoms with van der Waals surface area (Å²) in [6.07, 6.45) is 53.0. The molecule has 0 aromatic rings. The number of carbonyl (C=O) groups excluding carboxylic acids is 1. The van der Waals surface area contributed by atoms with E-state index in [1.54, 1.807) is 0 Å². The van der Waals surface area contributed by atoms with Gasteiger partial charge in [0.25, 0.3) is 0 Å². The van der Waals surface area contributed by atoms with Crippen molar-refractivity contribution >= 4 is 5.91 Å². The van der Waals surface area contributed by atoms with Crippen molar-refractivity contribution in [3.63, 3.8) is 0 Å². The molecule has 9 nitrogen and oxygen atoms in total. The van der Waals surface area contributed by atoms with Crippen LogP contribution < -0.4 is 5.32 Å². The van der Waals surface area contributed by atoms with Gasteiger partial charge in [-0.3, -0.25) is 4.79 Å². The molecule has 1 aliphatic rings. The van der Waals surface area contributed by atoms with E-state index in [1.165, 1.54) is 77.0 Å². The highest BCUT2D eigenvalue weighted by Crippen LogP contribution is 2.23. The number of hydrogen-bond donors (Lipinski definition) is 6. The Bertz CT molecular complexity index is 1260. The molecule has 1 rings (SSSR count). The Kier molecular flexibility index (Phi) is 40.1. The Morgan fingerprint density at radius 2 is 0.984 bits per heavy atom. The van der Waals surface area contributed by atoms with Crippen molar-refractivity contribution in [2.75, 3.05) is 13.2 Å². The van der Waals surface area contributed by atoms with Crippen molar-refractivity contribution in [2.45, 2.75) is 236 Å². The van der Waals surface area contributed by atoms with Crippen molar-refractivity contribution in [1.82, 2.24) is 5.32 Å². The van der Waals surface area contributed by atoms with Gasteiger partial charge in [-0.25, -0.2) is 0 Å². The molecule has 1 aliphatic heterocycles. The van der Waals surface area contributed by atoms with Crippen molar-refractivity contribution in [2.24, 2.45) is 0 Å². The lowest BCUT2D eigenvalue weighted by Crippen LogP contribution is -2.60. The van der Waals surface area contributed by atoms with Gasteiger partial charge < -0.3 is 40.3 Å². The Hall–Kier alpha value is -2.63. The van der Waals surface area contributed by atoms with Gasteiger partial charge >= 0.3 is 0 Å². The van der Waals surface area contributed by atoms with Crippen LogP contribution in [0.15, 0.2) is 85.1 Å². The predicted molar refractivity (Wildman–Crippen MR) is 262 cm³/mol. The maximum absolute atomic E-state index is 13.0. The summed E-state index contributed by atoms with van der Waals surface area (Å²) in [5, 5.41) is 54.5. The number of aliphatic hydroxyl groups is 5. The van der Waals surface area contributed by atoms with E-state index >= 15 is 0 Å². The molecule has 1 heterocycles. The van der Waals surface area contributed by atoms with E-state index in [4.69, 9.17) is 9.47 Å². The molecule has 7 atom stereocenters. The lowest BCUT2D eigenvalue weighted by atomic mass is 9.99. The number of hydrogen-bond acceptors (Lipinski definition) is 8. The molecule has 7 unspecified atom stereocenters. The molecule has 9 heteroatoms. The third-order valence-corrected chi connectivity index (χ3v) is 11.5. The van der Waals surface area contributed by atoms with Crippen LogP contribution in [0.5, 0.6) is 0 Å². The zero-order valence-corrected chi connectivity index (χ0v) is 39.8. The normalized spacial score (nSPS) is 20.9. The molecule has 6 N–H and O–H groups in total. The van der Waals surface area contributed by atoms with Crippen LogP contribution in [0.25, 0.3) is 0 Å². The monoisotopic (exact) mass is 884 g/mol. The Balaban J connectivity index is 2.32. The number of ether oxygens (including phenoxy) is 2. The Morgan fingerprint density at radius 1 is 0.556 bits per heavy atom. The largest absolute Gasteiger partial charge is 0.394 e. The van der Waals surface area contributed by atoms with Crippen LogP contribution in [0, 0.1) is 0 Å². The fraction of sp³-hybridized carbons (Fsp3) is 0.722. The van der Waals surface area contributed by atoms with Gasteiger partial charge in [-0.1, -0.05) is 202 Å². The lowest BCUT2D eigenvalue weighted by molar-refractivity contribution is -0.302. The van der Waals surface area contributed by atoms with E-state index in [1.807, 2.05) is 0 Å². The minimum Gasteiger partial charge on any atom is -0.394 e. The minimum absolute atomic E-state index is 0.157. The van der Waals surface area contributed by atoms with Crippen molar-refractivity contribution in [3.05, 3.63) is 85.1 Å². The number of amides is 1. The molecule has 362 valence electrons. The molecule has 63 heavy (non-hydrogen) atoms. The maximum atomic E-state index is 13.0. The molecule has 1 fully saturated rings. The third kappa shape index (κ3) is 33.5. The first-order valence-electron chi connectivity index (χ1n) is 25.3. The van der Waals surface area contributed by atoms with Crippen LogP contribution in [0.2, 0.25) is 0 Å².